The lowest BCUT2D eigenvalue weighted by Crippen LogP contribution is -2.32. The summed E-state index contributed by atoms with van der Waals surface area (Å²) in [4.78, 5) is 37.9. The molecule has 1 aromatic rings. The molecule has 40 heavy (non-hydrogen) atoms. The molecule has 1 saturated carbocycles. The standard InChI is InChI=1S/C25H46N3O8P3S/c1-6-25(3,4)36-24-13-9-22(10-14-24)17-26-27(5)37(40)20(2)35-23-11-7-21(8-12-23)15-16-28(18-38(29,30)31)19-39(32,33)34/h7-8,11-12,17,20,22,24,37H,6,9-10,13-16,18-19H2,1-5H3,(H2,29,30,31)(H2,32,33,34)/b26-17+. The van der Waals surface area contributed by atoms with Crippen LogP contribution in [0.15, 0.2) is 29.4 Å². The molecule has 0 spiro atoms. The van der Waals surface area contributed by atoms with E-state index >= 15 is 0 Å². The molecule has 0 bridgehead atoms. The third kappa shape index (κ3) is 14.0. The van der Waals surface area contributed by atoms with Crippen LogP contribution in [0.1, 0.15) is 65.4 Å². The predicted molar refractivity (Wildman–Crippen MR) is 164 cm³/mol. The minimum Gasteiger partial charge on any atom is -0.484 e. The van der Waals surface area contributed by atoms with Gasteiger partial charge in [-0.05, 0) is 82.9 Å². The number of hydrazone groups is 1. The number of nitrogens with zero attached hydrogens (tertiary/aromatic N) is 3. The maximum Gasteiger partial charge on any atom is 0.339 e. The second-order valence-electron chi connectivity index (χ2n) is 11.1. The second-order valence-corrected chi connectivity index (χ2v) is 17.7. The van der Waals surface area contributed by atoms with Crippen LogP contribution in [0, 0.1) is 5.92 Å². The first-order valence-electron chi connectivity index (χ1n) is 13.5. The summed E-state index contributed by atoms with van der Waals surface area (Å²) in [5, 5.41) is 4.64. The van der Waals surface area contributed by atoms with Crippen LogP contribution in [-0.2, 0) is 32.1 Å². The van der Waals surface area contributed by atoms with Gasteiger partial charge in [-0.15, -0.1) is 0 Å². The highest BCUT2D eigenvalue weighted by molar-refractivity contribution is 8.04. The van der Waals surface area contributed by atoms with Crippen LogP contribution in [0.2, 0.25) is 0 Å². The number of benzene rings is 1. The van der Waals surface area contributed by atoms with E-state index in [1.807, 2.05) is 37.1 Å². The number of ether oxygens (including phenoxy) is 2. The van der Waals surface area contributed by atoms with E-state index in [1.165, 1.54) is 0 Å². The number of rotatable bonds is 16. The fraction of sp³-hybridized carbons (Fsp3) is 0.720. The zero-order chi connectivity index (χ0) is 30.1. The molecule has 11 nitrogen and oxygen atoms in total. The fourth-order valence-electron chi connectivity index (χ4n) is 4.39. The molecule has 1 aliphatic carbocycles. The summed E-state index contributed by atoms with van der Waals surface area (Å²) >= 11 is 5.76. The normalized spacial score (nSPS) is 20.6. The molecule has 1 fully saturated rings. The summed E-state index contributed by atoms with van der Waals surface area (Å²) in [7, 11) is -7.03. The van der Waals surface area contributed by atoms with Crippen molar-refractivity contribution in [3.05, 3.63) is 29.8 Å². The van der Waals surface area contributed by atoms with E-state index < -0.39 is 34.6 Å². The zero-order valence-electron chi connectivity index (χ0n) is 24.0. The Morgan fingerprint density at radius 2 is 1.65 bits per heavy atom. The topological polar surface area (TPSA) is 152 Å². The van der Waals surface area contributed by atoms with E-state index in [2.05, 4.69) is 25.9 Å². The molecule has 230 valence electrons. The smallest absolute Gasteiger partial charge is 0.339 e. The third-order valence-corrected chi connectivity index (χ3v) is 11.8. The van der Waals surface area contributed by atoms with Crippen molar-refractivity contribution in [3.8, 4) is 5.75 Å². The molecule has 1 aliphatic rings. The Kier molecular flexibility index (Phi) is 14.0. The first-order valence-corrected chi connectivity index (χ1v) is 19.8. The second kappa shape index (κ2) is 15.7. The van der Waals surface area contributed by atoms with E-state index in [4.69, 9.17) is 21.3 Å². The quantitative estimate of drug-likeness (QED) is 0.112. The average molecular weight is 642 g/mol. The minimum absolute atomic E-state index is 0.0782. The van der Waals surface area contributed by atoms with Crippen molar-refractivity contribution in [2.45, 2.75) is 83.8 Å². The Bertz CT molecular complexity index is 1050. The molecule has 2 unspecified atom stereocenters. The van der Waals surface area contributed by atoms with Gasteiger partial charge in [-0.3, -0.25) is 18.8 Å². The van der Waals surface area contributed by atoms with Crippen LogP contribution in [0.3, 0.4) is 0 Å². The minimum atomic E-state index is -4.46. The van der Waals surface area contributed by atoms with Crippen LogP contribution in [0.4, 0.5) is 0 Å². The Hall–Kier alpha value is -0.640. The van der Waals surface area contributed by atoms with Crippen LogP contribution in [-0.4, -0.2) is 79.2 Å². The highest BCUT2D eigenvalue weighted by Crippen LogP contribution is 2.41. The van der Waals surface area contributed by atoms with E-state index in [0.717, 1.165) is 42.6 Å². The lowest BCUT2D eigenvalue weighted by atomic mass is 9.88. The van der Waals surface area contributed by atoms with Crippen molar-refractivity contribution in [2.75, 3.05) is 26.2 Å². The van der Waals surface area contributed by atoms with E-state index in [-0.39, 0.29) is 18.0 Å². The maximum atomic E-state index is 11.3. The monoisotopic (exact) mass is 641 g/mol. The summed E-state index contributed by atoms with van der Waals surface area (Å²) < 4.78 is 36.8. The molecular formula is C25H46N3O8P3S. The van der Waals surface area contributed by atoms with Gasteiger partial charge < -0.3 is 29.0 Å². The molecule has 0 aromatic heterocycles. The van der Waals surface area contributed by atoms with Crippen molar-refractivity contribution in [1.82, 2.24) is 9.68 Å². The molecular weight excluding hydrogens is 595 g/mol. The molecule has 4 N–H and O–H groups in total. The van der Waals surface area contributed by atoms with Crippen molar-refractivity contribution in [2.24, 2.45) is 11.0 Å². The molecule has 1 aromatic carbocycles. The Balaban J connectivity index is 1.83. The first kappa shape index (κ1) is 35.6. The molecule has 2 atom stereocenters. The van der Waals surface area contributed by atoms with Gasteiger partial charge in [0, 0.05) is 19.8 Å². The van der Waals surface area contributed by atoms with Gasteiger partial charge in [0.2, 0.25) is 0 Å². The molecule has 0 aliphatic heterocycles. The van der Waals surface area contributed by atoms with Crippen molar-refractivity contribution in [3.63, 3.8) is 0 Å². The zero-order valence-corrected chi connectivity index (χ0v) is 27.7. The van der Waals surface area contributed by atoms with Crippen LogP contribution >= 0.6 is 22.0 Å². The van der Waals surface area contributed by atoms with Gasteiger partial charge in [-0.2, -0.15) is 5.10 Å². The van der Waals surface area contributed by atoms with Gasteiger partial charge in [0.25, 0.3) is 0 Å². The van der Waals surface area contributed by atoms with E-state index in [1.54, 1.807) is 12.1 Å². The van der Waals surface area contributed by atoms with Crippen LogP contribution < -0.4 is 4.74 Å². The van der Waals surface area contributed by atoms with Gasteiger partial charge in [-0.25, -0.2) is 0 Å². The highest BCUT2D eigenvalue weighted by atomic mass is 32.4. The van der Waals surface area contributed by atoms with E-state index in [9.17, 15) is 28.7 Å². The molecule has 0 saturated heterocycles. The Morgan fingerprint density at radius 3 is 2.15 bits per heavy atom. The lowest BCUT2D eigenvalue weighted by molar-refractivity contribution is -0.0879. The molecule has 0 heterocycles. The maximum absolute atomic E-state index is 11.3. The SMILES string of the molecule is CCC(C)(C)OC1CCC(/C=N/N(C)[PH](=S)C(C)Oc2ccc(CCN(CP(=O)(O)O)CP(=O)(O)O)cc2)CC1. The summed E-state index contributed by atoms with van der Waals surface area (Å²) in [5.74, 6) is 0.826. The van der Waals surface area contributed by atoms with E-state index in [0.29, 0.717) is 24.2 Å². The molecule has 0 amide bonds. The molecule has 15 heteroatoms. The van der Waals surface area contributed by atoms with Gasteiger partial charge in [0.05, 0.1) is 18.6 Å². The summed E-state index contributed by atoms with van der Waals surface area (Å²) in [6.45, 7) is 6.93. The number of hydrogen-bond acceptors (Lipinski definition) is 7. The Labute approximate surface area is 244 Å². The highest BCUT2D eigenvalue weighted by Gasteiger charge is 2.27. The number of hydrogen-bond donors (Lipinski definition) is 4. The summed E-state index contributed by atoms with van der Waals surface area (Å²) in [6.07, 6.45) is 6.42. The van der Waals surface area contributed by atoms with Crippen molar-refractivity contribution in [1.29, 1.82) is 0 Å². The van der Waals surface area contributed by atoms with Gasteiger partial charge in [0.1, 0.15) is 24.2 Å². The molecule has 2 rings (SSSR count). The molecule has 0 radical (unpaired) electrons. The van der Waals surface area contributed by atoms with Crippen molar-refractivity contribution < 1.29 is 38.2 Å². The van der Waals surface area contributed by atoms with Gasteiger partial charge >= 0.3 is 15.2 Å². The average Bonchev–Trinajstić information content (AvgIpc) is 2.85. The van der Waals surface area contributed by atoms with Gasteiger partial charge in [0.15, 0.2) is 0 Å². The lowest BCUT2D eigenvalue weighted by Gasteiger charge is -2.34. The summed E-state index contributed by atoms with van der Waals surface area (Å²) in [5.41, 5.74) is 0.760. The summed E-state index contributed by atoms with van der Waals surface area (Å²) in [6, 6.07) is 7.20. The van der Waals surface area contributed by atoms with Crippen LogP contribution in [0.25, 0.3) is 0 Å². The van der Waals surface area contributed by atoms with Crippen LogP contribution in [0.5, 0.6) is 5.75 Å². The largest absolute Gasteiger partial charge is 0.484 e. The fourth-order valence-corrected chi connectivity index (χ4v) is 7.30. The third-order valence-electron chi connectivity index (χ3n) is 6.89. The predicted octanol–water partition coefficient (Wildman–Crippen LogP) is 4.80. The Morgan fingerprint density at radius 1 is 1.10 bits per heavy atom. The first-order chi connectivity index (χ1) is 18.5. The van der Waals surface area contributed by atoms with Gasteiger partial charge in [-0.1, -0.05) is 30.9 Å². The van der Waals surface area contributed by atoms with Crippen molar-refractivity contribution >= 4 is 40.1 Å².